The number of rotatable bonds is 56. The summed E-state index contributed by atoms with van der Waals surface area (Å²) in [5.74, 6) is -0.908. The van der Waals surface area contributed by atoms with Crippen LogP contribution in [0.1, 0.15) is 278 Å². The third-order valence-electron chi connectivity index (χ3n) is 13.2. The average molecular weight is 1070 g/mol. The van der Waals surface area contributed by atoms with Gasteiger partial charge in [-0.1, -0.05) is 276 Å². The van der Waals surface area contributed by atoms with Crippen molar-refractivity contribution in [2.24, 2.45) is 0 Å². The third kappa shape index (κ3) is 62.3. The van der Waals surface area contributed by atoms with Gasteiger partial charge in [-0.25, -0.2) is 0 Å². The molecule has 0 radical (unpaired) electrons. The van der Waals surface area contributed by atoms with Crippen LogP contribution in [0.15, 0.2) is 134 Å². The van der Waals surface area contributed by atoms with E-state index in [0.717, 1.165) is 141 Å². The number of ether oxygens (including phenoxy) is 3. The second-order valence-electron chi connectivity index (χ2n) is 20.6. The first-order chi connectivity index (χ1) is 38.0. The molecule has 0 aromatic heterocycles. The van der Waals surface area contributed by atoms with Crippen LogP contribution in [-0.4, -0.2) is 37.2 Å². The molecule has 0 aliphatic rings. The summed E-state index contributed by atoms with van der Waals surface area (Å²) < 4.78 is 16.9. The van der Waals surface area contributed by atoms with E-state index >= 15 is 0 Å². The molecule has 0 bridgehead atoms. The highest BCUT2D eigenvalue weighted by atomic mass is 16.6. The summed E-state index contributed by atoms with van der Waals surface area (Å²) >= 11 is 0. The molecule has 6 nitrogen and oxygen atoms in total. The van der Waals surface area contributed by atoms with Gasteiger partial charge in [0.1, 0.15) is 13.2 Å². The highest BCUT2D eigenvalue weighted by molar-refractivity contribution is 5.71. The quantitative estimate of drug-likeness (QED) is 0.0261. The number of hydrogen-bond donors (Lipinski definition) is 0. The monoisotopic (exact) mass is 1060 g/mol. The number of allylic oxidation sites excluding steroid dienone is 22. The molecular weight excluding hydrogens is 949 g/mol. The van der Waals surface area contributed by atoms with Crippen molar-refractivity contribution in [3.05, 3.63) is 134 Å². The smallest absolute Gasteiger partial charge is 0.306 e. The Bertz CT molecular complexity index is 1650. The summed E-state index contributed by atoms with van der Waals surface area (Å²) in [6.07, 6.45) is 90.3. The van der Waals surface area contributed by atoms with Gasteiger partial charge >= 0.3 is 17.9 Å². The highest BCUT2D eigenvalue weighted by Crippen LogP contribution is 2.15. The van der Waals surface area contributed by atoms with Gasteiger partial charge < -0.3 is 14.2 Å². The van der Waals surface area contributed by atoms with Crippen molar-refractivity contribution in [1.29, 1.82) is 0 Å². The minimum Gasteiger partial charge on any atom is -0.462 e. The molecule has 0 saturated heterocycles. The van der Waals surface area contributed by atoms with Gasteiger partial charge in [0, 0.05) is 19.3 Å². The van der Waals surface area contributed by atoms with Crippen LogP contribution in [0.25, 0.3) is 0 Å². The van der Waals surface area contributed by atoms with Gasteiger partial charge in [-0.3, -0.25) is 14.4 Å². The first-order valence-corrected chi connectivity index (χ1v) is 31.7. The van der Waals surface area contributed by atoms with Crippen LogP contribution in [0, 0.1) is 0 Å². The Labute approximate surface area is 475 Å². The van der Waals surface area contributed by atoms with Crippen molar-refractivity contribution < 1.29 is 28.6 Å². The lowest BCUT2D eigenvalue weighted by Gasteiger charge is -2.18. The van der Waals surface area contributed by atoms with E-state index in [0.29, 0.717) is 19.3 Å². The average Bonchev–Trinajstić information content (AvgIpc) is 3.43. The molecule has 0 fully saturated rings. The Morgan fingerprint density at radius 1 is 0.273 bits per heavy atom. The van der Waals surface area contributed by atoms with Crippen LogP contribution in [0.5, 0.6) is 0 Å². The zero-order chi connectivity index (χ0) is 55.7. The van der Waals surface area contributed by atoms with Crippen LogP contribution in [0.2, 0.25) is 0 Å². The van der Waals surface area contributed by atoms with E-state index in [1.807, 2.05) is 0 Å². The summed E-state index contributed by atoms with van der Waals surface area (Å²) in [5, 5.41) is 0. The van der Waals surface area contributed by atoms with Gasteiger partial charge in [-0.2, -0.15) is 0 Å². The number of hydrogen-bond acceptors (Lipinski definition) is 6. The molecule has 436 valence electrons. The number of esters is 3. The van der Waals surface area contributed by atoms with E-state index in [4.69, 9.17) is 14.2 Å². The SMILES string of the molecule is CC/C=C\C/C=C\C/C=C\C/C=C\C/C=C\C/C=C\C/C=C\CCCCCCCCCC(=O)OCC(COC(=O)CCCCCCCCCCC)OC(=O)CCCCCCCCCC/C=C\C/C=C\C/C=C\C/C=C\CC. The van der Waals surface area contributed by atoms with E-state index in [9.17, 15) is 14.4 Å². The van der Waals surface area contributed by atoms with Gasteiger partial charge in [0.15, 0.2) is 6.10 Å². The highest BCUT2D eigenvalue weighted by Gasteiger charge is 2.19. The van der Waals surface area contributed by atoms with Crippen molar-refractivity contribution in [3.63, 3.8) is 0 Å². The van der Waals surface area contributed by atoms with Crippen molar-refractivity contribution in [2.45, 2.75) is 284 Å². The van der Waals surface area contributed by atoms with E-state index in [1.165, 1.54) is 96.3 Å². The maximum Gasteiger partial charge on any atom is 0.306 e. The number of carbonyl (C=O) groups excluding carboxylic acids is 3. The summed E-state index contributed by atoms with van der Waals surface area (Å²) in [5.41, 5.74) is 0. The first-order valence-electron chi connectivity index (χ1n) is 31.7. The zero-order valence-corrected chi connectivity index (χ0v) is 49.9. The van der Waals surface area contributed by atoms with Crippen molar-refractivity contribution >= 4 is 17.9 Å². The van der Waals surface area contributed by atoms with Crippen LogP contribution in [-0.2, 0) is 28.6 Å². The lowest BCUT2D eigenvalue weighted by Crippen LogP contribution is -2.30. The molecular formula is C71H116O6. The fourth-order valence-corrected chi connectivity index (χ4v) is 8.47. The van der Waals surface area contributed by atoms with Crippen molar-refractivity contribution in [1.82, 2.24) is 0 Å². The van der Waals surface area contributed by atoms with Gasteiger partial charge in [-0.15, -0.1) is 0 Å². The minimum atomic E-state index is -0.790. The zero-order valence-electron chi connectivity index (χ0n) is 49.9. The largest absolute Gasteiger partial charge is 0.462 e. The summed E-state index contributed by atoms with van der Waals surface area (Å²) in [6, 6.07) is 0. The molecule has 0 aliphatic carbocycles. The van der Waals surface area contributed by atoms with Crippen molar-refractivity contribution in [2.75, 3.05) is 13.2 Å². The normalized spacial score (nSPS) is 13.0. The Morgan fingerprint density at radius 2 is 0.506 bits per heavy atom. The molecule has 0 N–H and O–H groups in total. The second-order valence-corrected chi connectivity index (χ2v) is 20.6. The van der Waals surface area contributed by atoms with Crippen LogP contribution in [0.3, 0.4) is 0 Å². The fraction of sp³-hybridized carbons (Fsp3) is 0.648. The number of carbonyl (C=O) groups is 3. The summed E-state index contributed by atoms with van der Waals surface area (Å²) in [6.45, 7) is 6.38. The predicted molar refractivity (Wildman–Crippen MR) is 334 cm³/mol. The Kier molecular flexibility index (Phi) is 60.4. The van der Waals surface area contributed by atoms with E-state index < -0.39 is 6.10 Å². The molecule has 0 heterocycles. The lowest BCUT2D eigenvalue weighted by molar-refractivity contribution is -0.167. The second kappa shape index (κ2) is 64.1. The predicted octanol–water partition coefficient (Wildman–Crippen LogP) is 21.8. The standard InChI is InChI=1S/C71H116O6/c1-4-7-10-13-16-19-21-23-25-27-29-31-32-33-34-35-36-37-38-40-41-43-45-47-49-52-55-58-61-64-70(73)76-67-68(66-75-69(72)63-60-57-54-51-18-15-12-9-6-3)77-71(74)65-62-59-56-53-50-48-46-44-42-39-30-28-26-24-22-20-17-14-11-8-5-2/h7-8,10-11,16-17,19-20,23-26,29-31,33-34,36-37,39-41,68H,4-6,9,12-15,18,21-22,27-28,32,35,38,42-67H2,1-3H3/b10-7-,11-8-,19-16-,20-17-,25-23-,26-24-,31-29-,34-33-,37-36-,39-30-,41-40-. The molecule has 1 unspecified atom stereocenters. The Morgan fingerprint density at radius 3 is 0.792 bits per heavy atom. The fourth-order valence-electron chi connectivity index (χ4n) is 8.47. The molecule has 77 heavy (non-hydrogen) atoms. The Hall–Kier alpha value is -4.45. The van der Waals surface area contributed by atoms with Crippen molar-refractivity contribution in [3.8, 4) is 0 Å². The maximum absolute atomic E-state index is 12.9. The molecule has 0 aliphatic heterocycles. The Balaban J connectivity index is 4.28. The van der Waals surface area contributed by atoms with E-state index in [-0.39, 0.29) is 31.1 Å². The van der Waals surface area contributed by atoms with Crippen LogP contribution >= 0.6 is 0 Å². The van der Waals surface area contributed by atoms with Crippen LogP contribution < -0.4 is 0 Å². The topological polar surface area (TPSA) is 78.9 Å². The molecule has 0 spiro atoms. The van der Waals surface area contributed by atoms with Crippen LogP contribution in [0.4, 0.5) is 0 Å². The maximum atomic E-state index is 12.9. The third-order valence-corrected chi connectivity index (χ3v) is 13.2. The summed E-state index contributed by atoms with van der Waals surface area (Å²) in [4.78, 5) is 38.2. The van der Waals surface area contributed by atoms with Gasteiger partial charge in [-0.05, 0) is 116 Å². The number of unbranched alkanes of at least 4 members (excludes halogenated alkanes) is 23. The van der Waals surface area contributed by atoms with E-state index in [2.05, 4.69) is 154 Å². The summed E-state index contributed by atoms with van der Waals surface area (Å²) in [7, 11) is 0. The molecule has 6 heteroatoms. The molecule has 0 saturated carbocycles. The van der Waals surface area contributed by atoms with E-state index in [1.54, 1.807) is 0 Å². The molecule has 0 amide bonds. The molecule has 1 atom stereocenters. The lowest BCUT2D eigenvalue weighted by atomic mass is 10.1. The van der Waals surface area contributed by atoms with Gasteiger partial charge in [0.2, 0.25) is 0 Å². The molecule has 0 aromatic rings. The molecule has 0 rings (SSSR count). The first kappa shape index (κ1) is 72.5. The molecule has 0 aromatic carbocycles. The van der Waals surface area contributed by atoms with Gasteiger partial charge in [0.05, 0.1) is 0 Å². The van der Waals surface area contributed by atoms with Gasteiger partial charge in [0.25, 0.3) is 0 Å². The minimum absolute atomic E-state index is 0.0865.